The highest BCUT2D eigenvalue weighted by molar-refractivity contribution is 7.99. The molecule has 7 heteroatoms. The van der Waals surface area contributed by atoms with Crippen molar-refractivity contribution in [3.05, 3.63) is 40.4 Å². The summed E-state index contributed by atoms with van der Waals surface area (Å²) in [4.78, 5) is 14.4. The Labute approximate surface area is 88.9 Å². The average Bonchev–Trinajstić information content (AvgIpc) is 2.68. The summed E-state index contributed by atoms with van der Waals surface area (Å²) < 4.78 is 0. The zero-order valence-electron chi connectivity index (χ0n) is 7.45. The molecule has 0 unspecified atom stereocenters. The van der Waals surface area contributed by atoms with E-state index in [1.54, 1.807) is 0 Å². The van der Waals surface area contributed by atoms with Crippen molar-refractivity contribution in [3.63, 3.8) is 0 Å². The third kappa shape index (κ3) is 2.32. The monoisotopic (exact) mass is 222 g/mol. The standard InChI is InChI=1S/C8H6N4O2S/c13-12(14)7-9-8(11-10-7)15-6-4-2-1-3-5-6/h1-5H,(H,9,10,11). The first-order chi connectivity index (χ1) is 7.25. The van der Waals surface area contributed by atoms with Crippen LogP contribution >= 0.6 is 11.8 Å². The molecule has 1 heterocycles. The molecule has 0 bridgehead atoms. The van der Waals surface area contributed by atoms with E-state index in [4.69, 9.17) is 0 Å². The number of aromatic amines is 1. The summed E-state index contributed by atoms with van der Waals surface area (Å²) in [6.45, 7) is 0. The van der Waals surface area contributed by atoms with E-state index in [2.05, 4.69) is 15.2 Å². The molecule has 76 valence electrons. The number of benzene rings is 1. The molecule has 0 aliphatic rings. The average molecular weight is 222 g/mol. The highest BCUT2D eigenvalue weighted by atomic mass is 32.2. The van der Waals surface area contributed by atoms with E-state index in [0.717, 1.165) is 4.90 Å². The minimum absolute atomic E-state index is 0.339. The molecule has 0 fully saturated rings. The molecular weight excluding hydrogens is 216 g/mol. The zero-order valence-corrected chi connectivity index (χ0v) is 8.27. The first kappa shape index (κ1) is 9.66. The maximum absolute atomic E-state index is 10.3. The van der Waals surface area contributed by atoms with Crippen molar-refractivity contribution in [2.75, 3.05) is 0 Å². The summed E-state index contributed by atoms with van der Waals surface area (Å²) in [5.74, 6) is -0.339. The predicted molar refractivity (Wildman–Crippen MR) is 53.6 cm³/mol. The van der Waals surface area contributed by atoms with Gasteiger partial charge < -0.3 is 10.1 Å². The molecule has 1 aromatic heterocycles. The van der Waals surface area contributed by atoms with E-state index in [-0.39, 0.29) is 5.95 Å². The van der Waals surface area contributed by atoms with Crippen LogP contribution < -0.4 is 0 Å². The van der Waals surface area contributed by atoms with Gasteiger partial charge in [-0.1, -0.05) is 23.3 Å². The number of hydrogen-bond acceptors (Lipinski definition) is 5. The first-order valence-electron chi connectivity index (χ1n) is 4.05. The van der Waals surface area contributed by atoms with Gasteiger partial charge in [0.15, 0.2) is 0 Å². The summed E-state index contributed by atoms with van der Waals surface area (Å²) in [7, 11) is 0. The normalized spacial score (nSPS) is 10.1. The topological polar surface area (TPSA) is 84.7 Å². The van der Waals surface area contributed by atoms with Gasteiger partial charge in [0.25, 0.3) is 0 Å². The van der Waals surface area contributed by atoms with Crippen LogP contribution in [0.2, 0.25) is 0 Å². The Bertz CT molecular complexity index is 471. The van der Waals surface area contributed by atoms with Crippen molar-refractivity contribution in [1.82, 2.24) is 15.2 Å². The summed E-state index contributed by atoms with van der Waals surface area (Å²) in [6, 6.07) is 9.41. The number of hydrogen-bond donors (Lipinski definition) is 1. The third-order valence-corrected chi connectivity index (χ3v) is 2.45. The largest absolute Gasteiger partial charge is 0.454 e. The fraction of sp³-hybridized carbons (Fsp3) is 0. The Kier molecular flexibility index (Phi) is 2.64. The molecule has 1 N–H and O–H groups in total. The predicted octanol–water partition coefficient (Wildman–Crippen LogP) is 1.86. The number of H-pyrrole nitrogens is 1. The van der Waals surface area contributed by atoms with Crippen LogP contribution in [0.3, 0.4) is 0 Å². The van der Waals surface area contributed by atoms with Crippen molar-refractivity contribution >= 4 is 17.7 Å². The maximum atomic E-state index is 10.3. The molecular formula is C8H6N4O2S. The lowest BCUT2D eigenvalue weighted by molar-refractivity contribution is -0.394. The van der Waals surface area contributed by atoms with Crippen molar-refractivity contribution in [2.24, 2.45) is 0 Å². The Morgan fingerprint density at radius 1 is 1.33 bits per heavy atom. The molecule has 2 rings (SSSR count). The van der Waals surface area contributed by atoms with E-state index >= 15 is 0 Å². The SMILES string of the molecule is O=[N+]([O-])c1nc(Sc2ccccc2)n[nH]1. The van der Waals surface area contributed by atoms with Crippen LogP contribution in [-0.4, -0.2) is 20.1 Å². The van der Waals surface area contributed by atoms with Crippen LogP contribution in [0.25, 0.3) is 0 Å². The minimum Gasteiger partial charge on any atom is -0.390 e. The summed E-state index contributed by atoms with van der Waals surface area (Å²) >= 11 is 1.27. The number of aromatic nitrogens is 3. The minimum atomic E-state index is -0.609. The van der Waals surface area contributed by atoms with E-state index in [0.29, 0.717) is 5.16 Å². The maximum Gasteiger partial charge on any atom is 0.454 e. The Morgan fingerprint density at radius 2 is 2.07 bits per heavy atom. The van der Waals surface area contributed by atoms with Gasteiger partial charge >= 0.3 is 11.1 Å². The van der Waals surface area contributed by atoms with Crippen molar-refractivity contribution in [1.29, 1.82) is 0 Å². The number of nitro groups is 1. The van der Waals surface area contributed by atoms with Gasteiger partial charge in [0, 0.05) is 4.90 Å². The lowest BCUT2D eigenvalue weighted by atomic mass is 10.4. The zero-order chi connectivity index (χ0) is 10.7. The highest BCUT2D eigenvalue weighted by Crippen LogP contribution is 2.24. The summed E-state index contributed by atoms with van der Waals surface area (Å²) in [6.07, 6.45) is 0. The van der Waals surface area contributed by atoms with Gasteiger partial charge in [-0.25, -0.2) is 0 Å². The molecule has 15 heavy (non-hydrogen) atoms. The van der Waals surface area contributed by atoms with E-state index in [1.165, 1.54) is 11.8 Å². The van der Waals surface area contributed by atoms with Gasteiger partial charge in [0.2, 0.25) is 0 Å². The van der Waals surface area contributed by atoms with Crippen LogP contribution in [-0.2, 0) is 0 Å². The quantitative estimate of drug-likeness (QED) is 0.632. The second-order valence-electron chi connectivity index (χ2n) is 2.61. The molecule has 0 spiro atoms. The van der Waals surface area contributed by atoms with Gasteiger partial charge in [0.1, 0.15) is 0 Å². The Morgan fingerprint density at radius 3 is 2.67 bits per heavy atom. The van der Waals surface area contributed by atoms with E-state index < -0.39 is 4.92 Å². The van der Waals surface area contributed by atoms with Gasteiger partial charge in [0.05, 0.1) is 0 Å². The molecule has 1 aromatic carbocycles. The van der Waals surface area contributed by atoms with Crippen molar-refractivity contribution in [2.45, 2.75) is 10.1 Å². The Balaban J connectivity index is 2.15. The van der Waals surface area contributed by atoms with Gasteiger partial charge in [-0.05, 0) is 33.8 Å². The molecule has 2 aromatic rings. The first-order valence-corrected chi connectivity index (χ1v) is 4.87. The molecule has 0 aliphatic carbocycles. The lowest BCUT2D eigenvalue weighted by Crippen LogP contribution is -1.89. The van der Waals surface area contributed by atoms with E-state index in [1.807, 2.05) is 30.3 Å². The van der Waals surface area contributed by atoms with Crippen LogP contribution in [0.5, 0.6) is 0 Å². The molecule has 0 saturated heterocycles. The Hall–Kier alpha value is -1.89. The molecule has 0 amide bonds. The van der Waals surface area contributed by atoms with Crippen LogP contribution in [0.1, 0.15) is 0 Å². The molecule has 0 saturated carbocycles. The van der Waals surface area contributed by atoms with E-state index in [9.17, 15) is 10.1 Å². The third-order valence-electron chi connectivity index (χ3n) is 1.58. The fourth-order valence-corrected chi connectivity index (χ4v) is 1.69. The smallest absolute Gasteiger partial charge is 0.390 e. The second kappa shape index (κ2) is 4.09. The summed E-state index contributed by atoms with van der Waals surface area (Å²) in [5, 5.41) is 16.6. The van der Waals surface area contributed by atoms with Gasteiger partial charge in [-0.15, -0.1) is 5.10 Å². The van der Waals surface area contributed by atoms with Crippen LogP contribution in [0, 0.1) is 10.1 Å². The van der Waals surface area contributed by atoms with Crippen LogP contribution in [0.4, 0.5) is 5.95 Å². The fourth-order valence-electron chi connectivity index (χ4n) is 0.960. The lowest BCUT2D eigenvalue weighted by Gasteiger charge is -1.91. The van der Waals surface area contributed by atoms with Gasteiger partial charge in [-0.2, -0.15) is 0 Å². The highest BCUT2D eigenvalue weighted by Gasteiger charge is 2.14. The van der Waals surface area contributed by atoms with Crippen molar-refractivity contribution < 1.29 is 4.92 Å². The molecule has 0 aliphatic heterocycles. The van der Waals surface area contributed by atoms with Crippen LogP contribution in [0.15, 0.2) is 40.4 Å². The number of nitrogens with zero attached hydrogens (tertiary/aromatic N) is 3. The van der Waals surface area contributed by atoms with Crippen molar-refractivity contribution in [3.8, 4) is 0 Å². The summed E-state index contributed by atoms with van der Waals surface area (Å²) in [5.41, 5.74) is 0. The molecule has 0 radical (unpaired) electrons. The number of rotatable bonds is 3. The second-order valence-corrected chi connectivity index (χ2v) is 3.65. The molecule has 6 nitrogen and oxygen atoms in total. The van der Waals surface area contributed by atoms with Gasteiger partial charge in [-0.3, -0.25) is 0 Å². The number of nitrogens with one attached hydrogen (secondary N) is 1. The molecule has 0 atom stereocenters.